The molecule has 2 rings (SSSR count). The Morgan fingerprint density at radius 1 is 1.33 bits per heavy atom. The highest BCUT2D eigenvalue weighted by molar-refractivity contribution is 7.27. The van der Waals surface area contributed by atoms with Crippen molar-refractivity contribution in [3.8, 4) is 11.4 Å². The molecule has 4 nitrogen and oxygen atoms in total. The Morgan fingerprint density at radius 2 is 2.25 bits per heavy atom. The zero-order valence-electron chi connectivity index (χ0n) is 6.23. The number of H-pyrrole nitrogens is 1. The summed E-state index contributed by atoms with van der Waals surface area (Å²) in [7, 11) is 2.50. The number of hydrogen-bond acceptors (Lipinski definition) is 3. The summed E-state index contributed by atoms with van der Waals surface area (Å²) < 4.78 is 0. The molecule has 0 spiro atoms. The van der Waals surface area contributed by atoms with E-state index in [0.29, 0.717) is 0 Å². The van der Waals surface area contributed by atoms with Gasteiger partial charge in [-0.2, -0.15) is 0 Å². The summed E-state index contributed by atoms with van der Waals surface area (Å²) in [6, 6.07) is 5.70. The molecule has 2 aromatic rings. The molecule has 0 saturated carbocycles. The van der Waals surface area contributed by atoms with E-state index < -0.39 is 0 Å². The number of nitrogens with zero attached hydrogens (tertiary/aromatic N) is 3. The molecule has 2 aromatic heterocycles. The average molecular weight is 178 g/mol. The van der Waals surface area contributed by atoms with Crippen LogP contribution in [0.25, 0.3) is 11.4 Å². The molecule has 1 unspecified atom stereocenters. The van der Waals surface area contributed by atoms with Crippen LogP contribution < -0.4 is 5.44 Å². The smallest absolute Gasteiger partial charge is 0.111 e. The van der Waals surface area contributed by atoms with Gasteiger partial charge in [-0.1, -0.05) is 20.5 Å². The molecule has 60 valence electrons. The van der Waals surface area contributed by atoms with Crippen molar-refractivity contribution < 1.29 is 0 Å². The monoisotopic (exact) mass is 178 g/mol. The first-order valence-corrected chi connectivity index (χ1v) is 4.03. The second kappa shape index (κ2) is 2.99. The number of hydrogen-bond donors (Lipinski definition) is 1. The molecule has 5 heteroatoms. The molecule has 0 aliphatic carbocycles. The minimum Gasteiger partial charge on any atom is -0.255 e. The Bertz CT molecular complexity index is 370. The van der Waals surface area contributed by atoms with Crippen molar-refractivity contribution in [3.63, 3.8) is 0 Å². The van der Waals surface area contributed by atoms with Gasteiger partial charge in [-0.15, -0.1) is 5.10 Å². The highest BCUT2D eigenvalue weighted by atomic mass is 31.0. The largest absolute Gasteiger partial charge is 0.255 e. The molecule has 0 radical (unpaired) electrons. The lowest BCUT2D eigenvalue weighted by atomic mass is 10.3. The summed E-state index contributed by atoms with van der Waals surface area (Å²) in [5.41, 5.74) is 2.49. The zero-order chi connectivity index (χ0) is 8.39. The third-order valence-electron chi connectivity index (χ3n) is 1.50. The Kier molecular flexibility index (Phi) is 1.84. The molecule has 12 heavy (non-hydrogen) atoms. The van der Waals surface area contributed by atoms with Crippen molar-refractivity contribution in [1.82, 2.24) is 20.4 Å². The second-order valence-electron chi connectivity index (χ2n) is 2.29. The Balaban J connectivity index is 2.51. The zero-order valence-corrected chi connectivity index (χ0v) is 7.38. The van der Waals surface area contributed by atoms with Crippen molar-refractivity contribution in [2.75, 3.05) is 0 Å². The van der Waals surface area contributed by atoms with Gasteiger partial charge in [0.1, 0.15) is 11.1 Å². The maximum Gasteiger partial charge on any atom is 0.111 e. The number of aromatic amines is 1. The molecule has 1 atom stereocenters. The van der Waals surface area contributed by atoms with Gasteiger partial charge in [0.25, 0.3) is 0 Å². The predicted octanol–water partition coefficient (Wildman–Crippen LogP) is 0.367. The van der Waals surface area contributed by atoms with Crippen molar-refractivity contribution in [3.05, 3.63) is 24.4 Å². The van der Waals surface area contributed by atoms with Crippen molar-refractivity contribution >= 4 is 14.7 Å². The molecule has 2 heterocycles. The van der Waals surface area contributed by atoms with Crippen LogP contribution in [-0.2, 0) is 0 Å². The molecular formula is C7H7N4P. The van der Waals surface area contributed by atoms with E-state index in [-0.39, 0.29) is 0 Å². The van der Waals surface area contributed by atoms with Gasteiger partial charge in [0, 0.05) is 6.20 Å². The van der Waals surface area contributed by atoms with E-state index in [9.17, 15) is 0 Å². The molecular weight excluding hydrogens is 171 g/mol. The predicted molar refractivity (Wildman–Crippen MR) is 49.0 cm³/mol. The van der Waals surface area contributed by atoms with Crippen LogP contribution >= 0.6 is 9.24 Å². The van der Waals surface area contributed by atoms with E-state index in [2.05, 4.69) is 29.6 Å². The molecule has 0 bridgehead atoms. The van der Waals surface area contributed by atoms with Crippen LogP contribution in [0, 0.1) is 0 Å². The first-order chi connectivity index (χ1) is 5.88. The summed E-state index contributed by atoms with van der Waals surface area (Å²) in [6.45, 7) is 0. The molecule has 0 fully saturated rings. The van der Waals surface area contributed by atoms with Crippen molar-refractivity contribution in [2.24, 2.45) is 0 Å². The lowest BCUT2D eigenvalue weighted by Gasteiger charge is -1.94. The normalized spacial score (nSPS) is 10.1. The first-order valence-electron chi connectivity index (χ1n) is 3.46. The van der Waals surface area contributed by atoms with E-state index in [1.54, 1.807) is 6.20 Å². The van der Waals surface area contributed by atoms with E-state index in [4.69, 9.17) is 0 Å². The quantitative estimate of drug-likeness (QED) is 0.642. The topological polar surface area (TPSA) is 54.5 Å². The van der Waals surface area contributed by atoms with Crippen LogP contribution in [0.4, 0.5) is 0 Å². The molecule has 0 aliphatic heterocycles. The third-order valence-corrected chi connectivity index (χ3v) is 1.90. The minimum absolute atomic E-state index is 0.786. The molecule has 0 amide bonds. The van der Waals surface area contributed by atoms with Gasteiger partial charge in [-0.05, 0) is 12.1 Å². The van der Waals surface area contributed by atoms with Gasteiger partial charge in [-0.3, -0.25) is 10.1 Å². The molecule has 0 saturated heterocycles. The fourth-order valence-electron chi connectivity index (χ4n) is 0.935. The fraction of sp³-hybridized carbons (Fsp3) is 0. The molecule has 0 aliphatic rings. The lowest BCUT2D eigenvalue weighted by molar-refractivity contribution is 0.947. The first kappa shape index (κ1) is 7.37. The van der Waals surface area contributed by atoms with Crippen molar-refractivity contribution in [2.45, 2.75) is 0 Å². The average Bonchev–Trinajstić information content (AvgIpc) is 2.53. The lowest BCUT2D eigenvalue weighted by Crippen LogP contribution is -1.96. The highest BCUT2D eigenvalue weighted by Crippen LogP contribution is 2.10. The third kappa shape index (κ3) is 1.21. The van der Waals surface area contributed by atoms with Crippen LogP contribution in [0.2, 0.25) is 0 Å². The van der Waals surface area contributed by atoms with Crippen molar-refractivity contribution in [1.29, 1.82) is 0 Å². The van der Waals surface area contributed by atoms with Gasteiger partial charge in [0.05, 0.1) is 5.69 Å². The van der Waals surface area contributed by atoms with Gasteiger partial charge in [-0.25, -0.2) is 0 Å². The number of aromatic nitrogens is 4. The van der Waals surface area contributed by atoms with E-state index >= 15 is 0 Å². The Labute approximate surface area is 71.6 Å². The summed E-state index contributed by atoms with van der Waals surface area (Å²) in [5, 5.41) is 10.2. The number of rotatable bonds is 1. The summed E-state index contributed by atoms with van der Waals surface area (Å²) >= 11 is 0. The highest BCUT2D eigenvalue weighted by Gasteiger charge is 2.04. The minimum atomic E-state index is 0.786. The van der Waals surface area contributed by atoms with Crippen LogP contribution in [0.3, 0.4) is 0 Å². The SMILES string of the molecule is Pc1nn[nH]c1-c1ccccn1. The van der Waals surface area contributed by atoms with Crippen LogP contribution in [-0.4, -0.2) is 20.4 Å². The second-order valence-corrected chi connectivity index (χ2v) is 2.83. The number of pyridine rings is 1. The summed E-state index contributed by atoms with van der Waals surface area (Å²) in [5.74, 6) is 0. The van der Waals surface area contributed by atoms with Crippen LogP contribution in [0.15, 0.2) is 24.4 Å². The molecule has 1 N–H and O–H groups in total. The van der Waals surface area contributed by atoms with Gasteiger partial charge in [0.2, 0.25) is 0 Å². The fourth-order valence-corrected chi connectivity index (χ4v) is 1.21. The Morgan fingerprint density at radius 3 is 2.83 bits per heavy atom. The summed E-state index contributed by atoms with van der Waals surface area (Å²) in [4.78, 5) is 4.16. The number of nitrogens with one attached hydrogen (secondary N) is 1. The maximum atomic E-state index is 4.16. The van der Waals surface area contributed by atoms with Gasteiger partial charge >= 0.3 is 0 Å². The van der Waals surface area contributed by atoms with Gasteiger partial charge < -0.3 is 0 Å². The van der Waals surface area contributed by atoms with Crippen LogP contribution in [0.1, 0.15) is 0 Å². The van der Waals surface area contributed by atoms with E-state index in [1.165, 1.54) is 0 Å². The molecule has 0 aromatic carbocycles. The standard InChI is InChI=1S/C7H7N4P/c12-7-6(9-11-10-7)5-3-1-2-4-8-5/h1-4H,12H2,(H,9,10,11). The maximum absolute atomic E-state index is 4.16. The Hall–Kier alpha value is -1.28. The van der Waals surface area contributed by atoms with E-state index in [0.717, 1.165) is 16.8 Å². The van der Waals surface area contributed by atoms with Crippen LogP contribution in [0.5, 0.6) is 0 Å². The van der Waals surface area contributed by atoms with Gasteiger partial charge in [0.15, 0.2) is 0 Å². The van der Waals surface area contributed by atoms with E-state index in [1.807, 2.05) is 18.2 Å². The summed E-state index contributed by atoms with van der Waals surface area (Å²) in [6.07, 6.45) is 1.74.